The minimum Gasteiger partial charge on any atom is -0.479 e. The largest absolute Gasteiger partial charge is 0.479 e. The maximum Gasteiger partial charge on any atom is 0.331 e. The fraction of sp³-hybridized carbons (Fsp3) is 0.600. The number of carbonyl (C=O) groups is 1. The quantitative estimate of drug-likeness (QED) is 0.778. The van der Waals surface area contributed by atoms with E-state index in [1.165, 1.54) is 0 Å². The summed E-state index contributed by atoms with van der Waals surface area (Å²) in [6, 6.07) is 1.78. The molecule has 76 valence electrons. The van der Waals surface area contributed by atoms with E-state index in [0.717, 1.165) is 19.3 Å². The van der Waals surface area contributed by atoms with E-state index in [-0.39, 0.29) is 0 Å². The molecule has 0 unspecified atom stereocenters. The van der Waals surface area contributed by atoms with Gasteiger partial charge in [0.1, 0.15) is 0 Å². The van der Waals surface area contributed by atoms with E-state index in [1.54, 1.807) is 23.1 Å². The summed E-state index contributed by atoms with van der Waals surface area (Å²) in [5.74, 6) is -0.749. The molecule has 1 aliphatic rings. The molecule has 0 spiro atoms. The van der Waals surface area contributed by atoms with Gasteiger partial charge < -0.3 is 5.11 Å². The lowest BCUT2D eigenvalue weighted by atomic mass is 9.82. The summed E-state index contributed by atoms with van der Waals surface area (Å²) in [7, 11) is 0. The zero-order valence-corrected chi connectivity index (χ0v) is 8.02. The lowest BCUT2D eigenvalue weighted by Gasteiger charge is -2.33. The molecule has 0 bridgehead atoms. The van der Waals surface area contributed by atoms with Crippen LogP contribution in [-0.4, -0.2) is 20.9 Å². The third kappa shape index (κ3) is 1.31. The van der Waals surface area contributed by atoms with Crippen molar-refractivity contribution in [1.29, 1.82) is 0 Å². The smallest absolute Gasteiger partial charge is 0.331 e. The third-order valence-electron chi connectivity index (χ3n) is 3.02. The molecule has 4 heteroatoms. The van der Waals surface area contributed by atoms with Crippen LogP contribution in [0.2, 0.25) is 0 Å². The minimum atomic E-state index is -0.776. The molecule has 0 aliphatic heterocycles. The number of aliphatic carboxylic acids is 1. The molecular weight excluding hydrogens is 180 g/mol. The van der Waals surface area contributed by atoms with Crippen molar-refractivity contribution in [1.82, 2.24) is 9.78 Å². The Morgan fingerprint density at radius 3 is 2.57 bits per heavy atom. The molecule has 0 atom stereocenters. The Morgan fingerprint density at radius 2 is 2.07 bits per heavy atom. The Kier molecular flexibility index (Phi) is 2.27. The topological polar surface area (TPSA) is 55.1 Å². The number of rotatable bonds is 2. The number of aromatic nitrogens is 2. The Morgan fingerprint density at radius 1 is 1.36 bits per heavy atom. The van der Waals surface area contributed by atoms with Gasteiger partial charge in [0.15, 0.2) is 5.54 Å². The van der Waals surface area contributed by atoms with Gasteiger partial charge in [-0.05, 0) is 18.9 Å². The van der Waals surface area contributed by atoms with Crippen LogP contribution < -0.4 is 0 Å². The fourth-order valence-electron chi connectivity index (χ4n) is 2.20. The summed E-state index contributed by atoms with van der Waals surface area (Å²) in [4.78, 5) is 11.3. The van der Waals surface area contributed by atoms with Gasteiger partial charge in [0.2, 0.25) is 0 Å². The van der Waals surface area contributed by atoms with Crippen molar-refractivity contribution in [2.45, 2.75) is 37.6 Å². The van der Waals surface area contributed by atoms with Gasteiger partial charge in [-0.1, -0.05) is 19.3 Å². The zero-order chi connectivity index (χ0) is 10.0. The van der Waals surface area contributed by atoms with E-state index in [0.29, 0.717) is 12.8 Å². The number of nitrogens with zero attached hydrogens (tertiary/aromatic N) is 2. The molecule has 1 aromatic heterocycles. The number of hydrogen-bond donors (Lipinski definition) is 1. The molecule has 0 saturated heterocycles. The van der Waals surface area contributed by atoms with Crippen LogP contribution in [0, 0.1) is 0 Å². The van der Waals surface area contributed by atoms with Gasteiger partial charge in [0, 0.05) is 12.4 Å². The highest BCUT2D eigenvalue weighted by atomic mass is 16.4. The lowest BCUT2D eigenvalue weighted by Crippen LogP contribution is -2.43. The standard InChI is InChI=1S/C10H14N2O2/c13-9(14)10(5-2-1-3-6-10)12-8-4-7-11-12/h4,7-8H,1-3,5-6H2,(H,13,14). The first kappa shape index (κ1) is 9.24. The van der Waals surface area contributed by atoms with Crippen molar-refractivity contribution in [3.05, 3.63) is 18.5 Å². The second-order valence-electron chi connectivity index (χ2n) is 3.85. The summed E-state index contributed by atoms with van der Waals surface area (Å²) in [6.45, 7) is 0. The van der Waals surface area contributed by atoms with Crippen molar-refractivity contribution in [2.75, 3.05) is 0 Å². The molecular formula is C10H14N2O2. The Bertz CT molecular complexity index is 313. The van der Waals surface area contributed by atoms with Crippen LogP contribution in [0.25, 0.3) is 0 Å². The number of carboxylic acid groups (broad SMARTS) is 1. The predicted octanol–water partition coefficient (Wildman–Crippen LogP) is 1.63. The molecule has 0 aromatic carbocycles. The predicted molar refractivity (Wildman–Crippen MR) is 50.9 cm³/mol. The first-order chi connectivity index (χ1) is 6.76. The van der Waals surface area contributed by atoms with Gasteiger partial charge in [-0.25, -0.2) is 4.79 Å². The van der Waals surface area contributed by atoms with Crippen LogP contribution >= 0.6 is 0 Å². The summed E-state index contributed by atoms with van der Waals surface area (Å²) >= 11 is 0. The van der Waals surface area contributed by atoms with Crippen molar-refractivity contribution in [3.8, 4) is 0 Å². The van der Waals surface area contributed by atoms with Crippen LogP contribution in [0.5, 0.6) is 0 Å². The molecule has 1 heterocycles. The van der Waals surface area contributed by atoms with E-state index in [1.807, 2.05) is 0 Å². The Hall–Kier alpha value is -1.32. The average Bonchev–Trinajstić information content (AvgIpc) is 2.72. The second kappa shape index (κ2) is 3.44. The molecule has 0 amide bonds. The molecule has 1 aromatic rings. The van der Waals surface area contributed by atoms with Crippen molar-refractivity contribution in [2.24, 2.45) is 0 Å². The Balaban J connectivity index is 2.35. The van der Waals surface area contributed by atoms with Crippen LogP contribution in [-0.2, 0) is 10.3 Å². The van der Waals surface area contributed by atoms with Gasteiger partial charge in [0.05, 0.1) is 0 Å². The maximum absolute atomic E-state index is 11.3. The van der Waals surface area contributed by atoms with Crippen LogP contribution in [0.3, 0.4) is 0 Å². The molecule has 4 nitrogen and oxygen atoms in total. The van der Waals surface area contributed by atoms with Crippen molar-refractivity contribution >= 4 is 5.97 Å². The first-order valence-electron chi connectivity index (χ1n) is 4.99. The SMILES string of the molecule is O=C(O)C1(n2cccn2)CCCCC1. The highest BCUT2D eigenvalue weighted by molar-refractivity contribution is 5.76. The van der Waals surface area contributed by atoms with Gasteiger partial charge in [-0.2, -0.15) is 5.10 Å². The highest BCUT2D eigenvalue weighted by Crippen LogP contribution is 2.34. The van der Waals surface area contributed by atoms with Crippen LogP contribution in [0.1, 0.15) is 32.1 Å². The van der Waals surface area contributed by atoms with Crippen LogP contribution in [0.15, 0.2) is 18.5 Å². The summed E-state index contributed by atoms with van der Waals surface area (Å²) in [6.07, 6.45) is 7.88. The van der Waals surface area contributed by atoms with Gasteiger partial charge in [-0.3, -0.25) is 4.68 Å². The summed E-state index contributed by atoms with van der Waals surface area (Å²) in [5.41, 5.74) is -0.776. The lowest BCUT2D eigenvalue weighted by molar-refractivity contribution is -0.150. The molecule has 0 radical (unpaired) electrons. The van der Waals surface area contributed by atoms with Gasteiger partial charge in [0.25, 0.3) is 0 Å². The first-order valence-corrected chi connectivity index (χ1v) is 4.99. The molecule has 14 heavy (non-hydrogen) atoms. The molecule has 1 fully saturated rings. The normalized spacial score (nSPS) is 20.6. The van der Waals surface area contributed by atoms with E-state index >= 15 is 0 Å². The summed E-state index contributed by atoms with van der Waals surface area (Å²) in [5, 5.41) is 13.4. The highest BCUT2D eigenvalue weighted by Gasteiger charge is 2.41. The van der Waals surface area contributed by atoms with E-state index < -0.39 is 11.5 Å². The van der Waals surface area contributed by atoms with Crippen LogP contribution in [0.4, 0.5) is 0 Å². The fourth-order valence-corrected chi connectivity index (χ4v) is 2.20. The maximum atomic E-state index is 11.3. The second-order valence-corrected chi connectivity index (χ2v) is 3.85. The van der Waals surface area contributed by atoms with E-state index in [4.69, 9.17) is 0 Å². The van der Waals surface area contributed by atoms with E-state index in [2.05, 4.69) is 5.10 Å². The third-order valence-corrected chi connectivity index (χ3v) is 3.02. The van der Waals surface area contributed by atoms with Gasteiger partial charge >= 0.3 is 5.97 Å². The average molecular weight is 194 g/mol. The molecule has 2 rings (SSSR count). The minimum absolute atomic E-state index is 0.698. The number of hydrogen-bond acceptors (Lipinski definition) is 2. The van der Waals surface area contributed by atoms with Crippen molar-refractivity contribution in [3.63, 3.8) is 0 Å². The van der Waals surface area contributed by atoms with Crippen molar-refractivity contribution < 1.29 is 9.90 Å². The number of carboxylic acids is 1. The zero-order valence-electron chi connectivity index (χ0n) is 8.02. The van der Waals surface area contributed by atoms with Gasteiger partial charge in [-0.15, -0.1) is 0 Å². The monoisotopic (exact) mass is 194 g/mol. The molecule has 1 aliphatic carbocycles. The Labute approximate surface area is 82.5 Å². The molecule has 1 N–H and O–H groups in total. The summed E-state index contributed by atoms with van der Waals surface area (Å²) < 4.78 is 1.61. The van der Waals surface area contributed by atoms with E-state index in [9.17, 15) is 9.90 Å². The molecule has 1 saturated carbocycles.